The van der Waals surface area contributed by atoms with Crippen molar-refractivity contribution in [1.29, 1.82) is 0 Å². The second-order valence-corrected chi connectivity index (χ2v) is 4.24. The molecule has 0 aliphatic carbocycles. The largest absolute Gasteiger partial charge is 0.462 e. The number of ether oxygens (including phenoxy) is 1. The first kappa shape index (κ1) is 14.8. The fraction of sp³-hybridized carbons (Fsp3) is 0.133. The SMILES string of the molecule is CCOC(=O)c1cccc(N)c1Nc1cc(F)ccc1F. The van der Waals surface area contributed by atoms with E-state index < -0.39 is 17.6 Å². The third-order valence-electron chi connectivity index (χ3n) is 2.78. The van der Waals surface area contributed by atoms with Crippen molar-refractivity contribution < 1.29 is 18.3 Å². The lowest BCUT2D eigenvalue weighted by Gasteiger charge is -2.14. The van der Waals surface area contributed by atoms with E-state index in [0.717, 1.165) is 18.2 Å². The molecule has 2 aromatic carbocycles. The first-order valence-corrected chi connectivity index (χ1v) is 6.30. The number of carbonyl (C=O) groups is 1. The minimum Gasteiger partial charge on any atom is -0.462 e. The Morgan fingerprint density at radius 3 is 2.76 bits per heavy atom. The van der Waals surface area contributed by atoms with E-state index in [1.54, 1.807) is 19.1 Å². The Kier molecular flexibility index (Phi) is 4.37. The van der Waals surface area contributed by atoms with Gasteiger partial charge in [0, 0.05) is 6.07 Å². The van der Waals surface area contributed by atoms with Crippen LogP contribution in [0.1, 0.15) is 17.3 Å². The molecule has 4 nitrogen and oxygen atoms in total. The number of para-hydroxylation sites is 1. The summed E-state index contributed by atoms with van der Waals surface area (Å²) in [5.74, 6) is -1.86. The Hall–Kier alpha value is -2.63. The van der Waals surface area contributed by atoms with E-state index >= 15 is 0 Å². The van der Waals surface area contributed by atoms with Crippen LogP contribution in [0, 0.1) is 11.6 Å². The molecule has 0 spiro atoms. The first-order valence-electron chi connectivity index (χ1n) is 6.30. The van der Waals surface area contributed by atoms with Gasteiger partial charge in [0.1, 0.15) is 11.6 Å². The summed E-state index contributed by atoms with van der Waals surface area (Å²) in [5, 5.41) is 2.65. The molecule has 110 valence electrons. The summed E-state index contributed by atoms with van der Waals surface area (Å²) in [7, 11) is 0. The van der Waals surface area contributed by atoms with Gasteiger partial charge in [-0.15, -0.1) is 0 Å². The molecule has 6 heteroatoms. The molecule has 0 bridgehead atoms. The van der Waals surface area contributed by atoms with Gasteiger partial charge >= 0.3 is 5.97 Å². The van der Waals surface area contributed by atoms with Crippen LogP contribution in [0.2, 0.25) is 0 Å². The summed E-state index contributed by atoms with van der Waals surface area (Å²) in [6.07, 6.45) is 0. The third-order valence-corrected chi connectivity index (χ3v) is 2.78. The molecule has 3 N–H and O–H groups in total. The van der Waals surface area contributed by atoms with Crippen LogP contribution in [0.3, 0.4) is 0 Å². The van der Waals surface area contributed by atoms with E-state index in [0.29, 0.717) is 0 Å². The smallest absolute Gasteiger partial charge is 0.340 e. The summed E-state index contributed by atoms with van der Waals surface area (Å²) < 4.78 is 31.8. The van der Waals surface area contributed by atoms with Gasteiger partial charge in [0.05, 0.1) is 29.2 Å². The highest BCUT2D eigenvalue weighted by Gasteiger charge is 2.16. The van der Waals surface area contributed by atoms with Gasteiger partial charge < -0.3 is 15.8 Å². The molecular formula is C15H14F2N2O2. The fourth-order valence-corrected chi connectivity index (χ4v) is 1.82. The fourth-order valence-electron chi connectivity index (χ4n) is 1.82. The van der Waals surface area contributed by atoms with Crippen molar-refractivity contribution in [2.24, 2.45) is 0 Å². The molecular weight excluding hydrogens is 278 g/mol. The quantitative estimate of drug-likeness (QED) is 0.669. The molecule has 0 amide bonds. The van der Waals surface area contributed by atoms with E-state index in [4.69, 9.17) is 10.5 Å². The molecule has 0 aliphatic rings. The Bertz CT molecular complexity index is 675. The maximum absolute atomic E-state index is 13.7. The van der Waals surface area contributed by atoms with E-state index in [-0.39, 0.29) is 29.2 Å². The number of halogens is 2. The van der Waals surface area contributed by atoms with Crippen LogP contribution in [0.4, 0.5) is 25.8 Å². The Labute approximate surface area is 120 Å². The Balaban J connectivity index is 2.43. The van der Waals surface area contributed by atoms with Gasteiger partial charge in [-0.1, -0.05) is 6.07 Å². The van der Waals surface area contributed by atoms with Gasteiger partial charge in [0.2, 0.25) is 0 Å². The van der Waals surface area contributed by atoms with Crippen LogP contribution in [0.15, 0.2) is 36.4 Å². The molecule has 2 aromatic rings. The normalized spacial score (nSPS) is 10.2. The van der Waals surface area contributed by atoms with Crippen molar-refractivity contribution in [2.75, 3.05) is 17.7 Å². The van der Waals surface area contributed by atoms with Crippen molar-refractivity contribution in [2.45, 2.75) is 6.92 Å². The van der Waals surface area contributed by atoms with Gasteiger partial charge in [-0.2, -0.15) is 0 Å². The summed E-state index contributed by atoms with van der Waals surface area (Å²) in [5.41, 5.74) is 6.25. The van der Waals surface area contributed by atoms with Crippen molar-refractivity contribution >= 4 is 23.0 Å². The van der Waals surface area contributed by atoms with Crippen molar-refractivity contribution in [3.8, 4) is 0 Å². The molecule has 0 radical (unpaired) electrons. The van der Waals surface area contributed by atoms with Crippen LogP contribution in [0.25, 0.3) is 0 Å². The lowest BCUT2D eigenvalue weighted by Crippen LogP contribution is -2.10. The molecule has 0 atom stereocenters. The van der Waals surface area contributed by atoms with Gasteiger partial charge in [0.25, 0.3) is 0 Å². The van der Waals surface area contributed by atoms with Gasteiger partial charge in [0.15, 0.2) is 0 Å². The molecule has 0 heterocycles. The average molecular weight is 292 g/mol. The number of nitrogen functional groups attached to an aromatic ring is 1. The van der Waals surface area contributed by atoms with Crippen molar-refractivity contribution in [3.63, 3.8) is 0 Å². The van der Waals surface area contributed by atoms with Crippen LogP contribution in [-0.4, -0.2) is 12.6 Å². The monoisotopic (exact) mass is 292 g/mol. The number of hydrogen-bond acceptors (Lipinski definition) is 4. The van der Waals surface area contributed by atoms with Crippen LogP contribution < -0.4 is 11.1 Å². The summed E-state index contributed by atoms with van der Waals surface area (Å²) in [4.78, 5) is 11.9. The maximum Gasteiger partial charge on any atom is 0.340 e. The summed E-state index contributed by atoms with van der Waals surface area (Å²) in [6, 6.07) is 7.59. The highest BCUT2D eigenvalue weighted by Crippen LogP contribution is 2.29. The van der Waals surface area contributed by atoms with Crippen molar-refractivity contribution in [3.05, 3.63) is 53.6 Å². The molecule has 0 fully saturated rings. The predicted molar refractivity (Wildman–Crippen MR) is 76.5 cm³/mol. The number of benzene rings is 2. The minimum absolute atomic E-state index is 0.113. The zero-order valence-electron chi connectivity index (χ0n) is 11.3. The molecule has 0 saturated heterocycles. The van der Waals surface area contributed by atoms with Crippen LogP contribution >= 0.6 is 0 Å². The highest BCUT2D eigenvalue weighted by molar-refractivity contribution is 5.99. The number of anilines is 3. The van der Waals surface area contributed by atoms with E-state index in [1.165, 1.54) is 6.07 Å². The number of carbonyl (C=O) groups excluding carboxylic acids is 1. The van der Waals surface area contributed by atoms with Crippen LogP contribution in [0.5, 0.6) is 0 Å². The highest BCUT2D eigenvalue weighted by atomic mass is 19.1. The molecule has 2 rings (SSSR count). The molecule has 21 heavy (non-hydrogen) atoms. The van der Waals surface area contributed by atoms with Crippen LogP contribution in [-0.2, 0) is 4.74 Å². The van der Waals surface area contributed by atoms with Gasteiger partial charge in [-0.05, 0) is 31.2 Å². The molecule has 0 saturated carbocycles. The standard InChI is InChI=1S/C15H14F2N2O2/c1-2-21-15(20)10-4-3-5-12(18)14(10)19-13-8-9(16)6-7-11(13)17/h3-8,19H,2,18H2,1H3. The molecule has 0 aromatic heterocycles. The second kappa shape index (κ2) is 6.21. The third kappa shape index (κ3) is 3.28. The van der Waals surface area contributed by atoms with Crippen molar-refractivity contribution in [1.82, 2.24) is 0 Å². The van der Waals surface area contributed by atoms with E-state index in [2.05, 4.69) is 5.32 Å². The predicted octanol–water partition coefficient (Wildman–Crippen LogP) is 3.47. The summed E-state index contributed by atoms with van der Waals surface area (Å²) in [6.45, 7) is 1.87. The number of hydrogen-bond donors (Lipinski definition) is 2. The number of nitrogens with one attached hydrogen (secondary N) is 1. The molecule has 0 aliphatic heterocycles. The van der Waals surface area contributed by atoms with E-state index in [9.17, 15) is 13.6 Å². The Morgan fingerprint density at radius 2 is 2.05 bits per heavy atom. The molecule has 0 unspecified atom stereocenters. The zero-order valence-corrected chi connectivity index (χ0v) is 11.3. The minimum atomic E-state index is -0.658. The van der Waals surface area contributed by atoms with Gasteiger partial charge in [-0.25, -0.2) is 13.6 Å². The average Bonchev–Trinajstić information content (AvgIpc) is 2.45. The van der Waals surface area contributed by atoms with Gasteiger partial charge in [-0.3, -0.25) is 0 Å². The number of esters is 1. The lowest BCUT2D eigenvalue weighted by molar-refractivity contribution is 0.0527. The lowest BCUT2D eigenvalue weighted by atomic mass is 10.1. The zero-order chi connectivity index (χ0) is 15.4. The second-order valence-electron chi connectivity index (χ2n) is 4.24. The first-order chi connectivity index (χ1) is 10.0. The number of nitrogens with two attached hydrogens (primary N) is 1. The summed E-state index contributed by atoms with van der Waals surface area (Å²) >= 11 is 0. The topological polar surface area (TPSA) is 64.3 Å². The number of rotatable bonds is 4. The maximum atomic E-state index is 13.7. The Morgan fingerprint density at radius 1 is 1.29 bits per heavy atom. The van der Waals surface area contributed by atoms with E-state index in [1.807, 2.05) is 0 Å².